The van der Waals surface area contributed by atoms with Gasteiger partial charge in [-0.1, -0.05) is 48.3 Å². The second-order valence-electron chi connectivity index (χ2n) is 7.33. The minimum atomic E-state index is -0.367. The van der Waals surface area contributed by atoms with Crippen molar-refractivity contribution in [1.29, 1.82) is 0 Å². The number of nitrogens with zero attached hydrogens (tertiary/aromatic N) is 3. The van der Waals surface area contributed by atoms with Crippen LogP contribution >= 0.6 is 27.5 Å². The predicted molar refractivity (Wildman–Crippen MR) is 118 cm³/mol. The van der Waals surface area contributed by atoms with Crippen LogP contribution in [0.4, 0.5) is 0 Å². The molecule has 0 aliphatic rings. The molecule has 0 fully saturated rings. The molecule has 1 aromatic heterocycles. The Hall–Kier alpha value is -2.18. The van der Waals surface area contributed by atoms with Crippen molar-refractivity contribution in [2.24, 2.45) is 5.10 Å². The second kappa shape index (κ2) is 8.05. The van der Waals surface area contributed by atoms with Gasteiger partial charge in [-0.2, -0.15) is 9.78 Å². The molecule has 0 radical (unpaired) electrons. The quantitative estimate of drug-likeness (QED) is 0.488. The van der Waals surface area contributed by atoms with Gasteiger partial charge < -0.3 is 4.74 Å². The summed E-state index contributed by atoms with van der Waals surface area (Å²) in [5.74, 6) is 1.20. The van der Waals surface area contributed by atoms with E-state index < -0.39 is 0 Å². The smallest absolute Gasteiger partial charge is 0.282 e. The number of halogens is 2. The molecule has 0 unspecified atom stereocenters. The molecule has 0 amide bonds. The molecular weight excluding hydrogens is 442 g/mol. The third kappa shape index (κ3) is 4.28. The molecular formula is C21H21BrClN3O2. The summed E-state index contributed by atoms with van der Waals surface area (Å²) >= 11 is 9.66. The van der Waals surface area contributed by atoms with Gasteiger partial charge in [0.2, 0.25) is 0 Å². The van der Waals surface area contributed by atoms with E-state index in [1.54, 1.807) is 24.4 Å². The molecule has 5 nitrogen and oxygen atoms in total. The van der Waals surface area contributed by atoms with Crippen LogP contribution in [0.3, 0.4) is 0 Å². The molecule has 0 N–H and O–H groups in total. The molecule has 0 atom stereocenters. The minimum absolute atomic E-state index is 0.218. The Morgan fingerprint density at radius 3 is 2.64 bits per heavy atom. The van der Waals surface area contributed by atoms with E-state index in [0.717, 1.165) is 10.0 Å². The summed E-state index contributed by atoms with van der Waals surface area (Å²) in [5, 5.41) is 5.44. The zero-order valence-corrected chi connectivity index (χ0v) is 18.5. The molecule has 3 rings (SSSR count). The Balaban J connectivity index is 2.13. The van der Waals surface area contributed by atoms with Crippen molar-refractivity contribution in [3.63, 3.8) is 0 Å². The molecule has 0 saturated carbocycles. The highest BCUT2D eigenvalue weighted by atomic mass is 79.9. The van der Waals surface area contributed by atoms with E-state index in [2.05, 4.69) is 21.0 Å². The first-order valence-electron chi connectivity index (χ1n) is 8.90. The molecule has 0 aliphatic carbocycles. The van der Waals surface area contributed by atoms with E-state index in [1.165, 1.54) is 4.68 Å². The minimum Gasteiger partial charge on any atom is -0.492 e. The molecule has 0 aliphatic heterocycles. The second-order valence-corrected chi connectivity index (χ2v) is 8.65. The van der Waals surface area contributed by atoms with Crippen LogP contribution in [0.2, 0.25) is 5.02 Å². The summed E-state index contributed by atoms with van der Waals surface area (Å²) in [6.45, 7) is 8.44. The van der Waals surface area contributed by atoms with Crippen molar-refractivity contribution in [2.45, 2.75) is 33.1 Å². The lowest BCUT2D eigenvalue weighted by atomic mass is 9.95. The number of rotatable bonds is 4. The van der Waals surface area contributed by atoms with E-state index in [4.69, 9.17) is 21.3 Å². The fraction of sp³-hybridized carbons (Fsp3) is 0.286. The van der Waals surface area contributed by atoms with Crippen LogP contribution in [-0.4, -0.2) is 22.5 Å². The number of hydrogen-bond donors (Lipinski definition) is 0. The highest BCUT2D eigenvalue weighted by molar-refractivity contribution is 9.10. The molecule has 2 aromatic carbocycles. The third-order valence-electron chi connectivity index (χ3n) is 4.06. The van der Waals surface area contributed by atoms with E-state index in [-0.39, 0.29) is 11.0 Å². The maximum atomic E-state index is 13.1. The average Bonchev–Trinajstić information content (AvgIpc) is 2.62. The van der Waals surface area contributed by atoms with E-state index in [0.29, 0.717) is 34.1 Å². The SMILES string of the molecule is CCOc1ccc(C=Nn2c(C(C)(C)C)nc3ccc(Br)cc3c2=O)cc1Cl. The predicted octanol–water partition coefficient (Wildman–Crippen LogP) is 5.39. The number of benzene rings is 2. The van der Waals surface area contributed by atoms with E-state index in [1.807, 2.05) is 45.9 Å². The molecule has 0 bridgehead atoms. The van der Waals surface area contributed by atoms with Crippen LogP contribution in [0.5, 0.6) is 5.75 Å². The topological polar surface area (TPSA) is 56.5 Å². The van der Waals surface area contributed by atoms with Crippen LogP contribution in [-0.2, 0) is 5.41 Å². The van der Waals surface area contributed by atoms with Crippen molar-refractivity contribution in [1.82, 2.24) is 9.66 Å². The summed E-state index contributed by atoms with van der Waals surface area (Å²) in [5.41, 5.74) is 0.821. The number of fused-ring (bicyclic) bond motifs is 1. The maximum Gasteiger partial charge on any atom is 0.282 e. The Morgan fingerprint density at radius 1 is 1.25 bits per heavy atom. The van der Waals surface area contributed by atoms with Gasteiger partial charge in [0.1, 0.15) is 11.6 Å². The maximum absolute atomic E-state index is 13.1. The van der Waals surface area contributed by atoms with Gasteiger partial charge >= 0.3 is 0 Å². The standard InChI is InChI=1S/C21H21BrClN3O2/c1-5-28-18-9-6-13(10-16(18)23)12-24-26-19(27)15-11-14(22)7-8-17(15)25-20(26)21(2,3)4/h6-12H,5H2,1-4H3. The van der Waals surface area contributed by atoms with Crippen LogP contribution in [0.15, 0.2) is 50.8 Å². The van der Waals surface area contributed by atoms with Crippen molar-refractivity contribution in [2.75, 3.05) is 6.61 Å². The zero-order chi connectivity index (χ0) is 20.5. The number of hydrogen-bond acceptors (Lipinski definition) is 4. The lowest BCUT2D eigenvalue weighted by Gasteiger charge is -2.20. The molecule has 0 saturated heterocycles. The largest absolute Gasteiger partial charge is 0.492 e. The summed E-state index contributed by atoms with van der Waals surface area (Å²) in [6, 6.07) is 10.8. The summed E-state index contributed by atoms with van der Waals surface area (Å²) < 4.78 is 7.63. The molecule has 1 heterocycles. The normalized spacial score (nSPS) is 12.1. The molecule has 28 heavy (non-hydrogen) atoms. The first kappa shape index (κ1) is 20.6. The fourth-order valence-electron chi connectivity index (χ4n) is 2.74. The van der Waals surface area contributed by atoms with Gasteiger partial charge in [-0.05, 0) is 48.9 Å². The van der Waals surface area contributed by atoms with Gasteiger partial charge in [0.25, 0.3) is 5.56 Å². The molecule has 3 aromatic rings. The number of ether oxygens (including phenoxy) is 1. The Morgan fingerprint density at radius 2 is 2.00 bits per heavy atom. The monoisotopic (exact) mass is 461 g/mol. The van der Waals surface area contributed by atoms with Crippen molar-refractivity contribution in [3.05, 3.63) is 67.6 Å². The Kier molecular flexibility index (Phi) is 5.91. The lowest BCUT2D eigenvalue weighted by molar-refractivity contribution is 0.340. The van der Waals surface area contributed by atoms with Gasteiger partial charge in [0.05, 0.1) is 28.7 Å². The van der Waals surface area contributed by atoms with Gasteiger partial charge in [0, 0.05) is 9.89 Å². The first-order valence-corrected chi connectivity index (χ1v) is 10.1. The Bertz CT molecular complexity index is 1120. The highest BCUT2D eigenvalue weighted by Gasteiger charge is 2.22. The first-order chi connectivity index (χ1) is 13.2. The van der Waals surface area contributed by atoms with Gasteiger partial charge in [-0.25, -0.2) is 4.98 Å². The van der Waals surface area contributed by atoms with Gasteiger partial charge in [-0.3, -0.25) is 4.79 Å². The summed E-state index contributed by atoms with van der Waals surface area (Å²) in [7, 11) is 0. The molecule has 0 spiro atoms. The van der Waals surface area contributed by atoms with Gasteiger partial charge in [0.15, 0.2) is 0 Å². The van der Waals surface area contributed by atoms with Crippen LogP contribution in [0.25, 0.3) is 10.9 Å². The fourth-order valence-corrected chi connectivity index (χ4v) is 3.34. The van der Waals surface area contributed by atoms with Crippen molar-refractivity contribution >= 4 is 44.6 Å². The van der Waals surface area contributed by atoms with Crippen molar-refractivity contribution < 1.29 is 4.74 Å². The number of aromatic nitrogens is 2. The third-order valence-corrected chi connectivity index (χ3v) is 4.85. The van der Waals surface area contributed by atoms with Crippen LogP contribution in [0, 0.1) is 0 Å². The molecule has 146 valence electrons. The average molecular weight is 463 g/mol. The van der Waals surface area contributed by atoms with Crippen molar-refractivity contribution in [3.8, 4) is 5.75 Å². The summed E-state index contributed by atoms with van der Waals surface area (Å²) in [6.07, 6.45) is 1.60. The van der Waals surface area contributed by atoms with Crippen LogP contribution in [0.1, 0.15) is 39.1 Å². The highest BCUT2D eigenvalue weighted by Crippen LogP contribution is 2.25. The Labute approximate surface area is 177 Å². The lowest BCUT2D eigenvalue weighted by Crippen LogP contribution is -2.29. The zero-order valence-electron chi connectivity index (χ0n) is 16.2. The molecule has 7 heteroatoms. The van der Waals surface area contributed by atoms with Crippen LogP contribution < -0.4 is 10.3 Å². The van der Waals surface area contributed by atoms with Gasteiger partial charge in [-0.15, -0.1) is 0 Å². The summed E-state index contributed by atoms with van der Waals surface area (Å²) in [4.78, 5) is 17.8. The van der Waals surface area contributed by atoms with E-state index in [9.17, 15) is 4.79 Å². The van der Waals surface area contributed by atoms with E-state index >= 15 is 0 Å².